The SMILES string of the molecule is COc1c(C)ccc2c1CC[C@@H]1[C@H]2CCCN1Cc1ccccc1. The lowest BCUT2D eigenvalue weighted by Crippen LogP contribution is -2.45. The fraction of sp³-hybridized carbons (Fsp3) is 0.455. The molecule has 1 aliphatic heterocycles. The second-order valence-electron chi connectivity index (χ2n) is 7.29. The highest BCUT2D eigenvalue weighted by molar-refractivity contribution is 5.49. The molecule has 0 aromatic heterocycles. The molecule has 126 valence electrons. The van der Waals surface area contributed by atoms with Crippen molar-refractivity contribution in [2.45, 2.75) is 51.1 Å². The minimum absolute atomic E-state index is 0.667. The summed E-state index contributed by atoms with van der Waals surface area (Å²) in [7, 11) is 1.82. The maximum atomic E-state index is 5.73. The number of rotatable bonds is 3. The standard InChI is InChI=1S/C22H27NO/c1-16-10-11-18-19-9-6-14-23(15-17-7-4-3-5-8-17)21(19)13-12-20(18)22(16)24-2/h3-5,7-8,10-11,19,21H,6,9,12-15H2,1-2H3/t19-,21+/m0/s1. The van der Waals surface area contributed by atoms with Crippen molar-refractivity contribution in [1.29, 1.82) is 0 Å². The fourth-order valence-electron chi connectivity index (χ4n) is 4.83. The monoisotopic (exact) mass is 321 g/mol. The van der Waals surface area contributed by atoms with Gasteiger partial charge in [-0.05, 0) is 67.3 Å². The molecule has 2 aromatic rings. The number of benzene rings is 2. The van der Waals surface area contributed by atoms with Gasteiger partial charge in [-0.3, -0.25) is 4.90 Å². The van der Waals surface area contributed by atoms with Gasteiger partial charge >= 0.3 is 0 Å². The van der Waals surface area contributed by atoms with Gasteiger partial charge in [0.15, 0.2) is 0 Å². The summed E-state index contributed by atoms with van der Waals surface area (Å²) < 4.78 is 5.73. The van der Waals surface area contributed by atoms with Crippen LogP contribution in [0.1, 0.15) is 47.4 Å². The van der Waals surface area contributed by atoms with E-state index >= 15 is 0 Å². The number of hydrogen-bond donors (Lipinski definition) is 0. The zero-order valence-electron chi connectivity index (χ0n) is 14.8. The minimum Gasteiger partial charge on any atom is -0.496 e. The third-order valence-corrected chi connectivity index (χ3v) is 5.91. The van der Waals surface area contributed by atoms with Crippen LogP contribution in [0.2, 0.25) is 0 Å². The van der Waals surface area contributed by atoms with Crippen LogP contribution in [0.4, 0.5) is 0 Å². The Balaban J connectivity index is 1.63. The number of methoxy groups -OCH3 is 1. The van der Waals surface area contributed by atoms with Crippen LogP contribution in [0.15, 0.2) is 42.5 Å². The molecule has 1 aliphatic carbocycles. The Bertz CT molecular complexity index is 709. The van der Waals surface area contributed by atoms with E-state index in [9.17, 15) is 0 Å². The van der Waals surface area contributed by atoms with Crippen molar-refractivity contribution < 1.29 is 4.74 Å². The number of hydrogen-bond acceptors (Lipinski definition) is 2. The highest BCUT2D eigenvalue weighted by Crippen LogP contribution is 2.44. The molecule has 0 spiro atoms. The molecule has 0 amide bonds. The summed E-state index contributed by atoms with van der Waals surface area (Å²) in [6.45, 7) is 4.47. The number of aryl methyl sites for hydroxylation is 1. The van der Waals surface area contributed by atoms with Crippen molar-refractivity contribution in [1.82, 2.24) is 4.90 Å². The summed E-state index contributed by atoms with van der Waals surface area (Å²) in [4.78, 5) is 2.72. The van der Waals surface area contributed by atoms with Crippen LogP contribution < -0.4 is 4.74 Å². The zero-order chi connectivity index (χ0) is 16.5. The average Bonchev–Trinajstić information content (AvgIpc) is 2.62. The summed E-state index contributed by atoms with van der Waals surface area (Å²) in [6, 6.07) is 16.2. The molecule has 1 saturated heterocycles. The first-order valence-electron chi connectivity index (χ1n) is 9.22. The first-order valence-corrected chi connectivity index (χ1v) is 9.22. The van der Waals surface area contributed by atoms with Gasteiger partial charge in [0.25, 0.3) is 0 Å². The van der Waals surface area contributed by atoms with Crippen molar-refractivity contribution in [3.63, 3.8) is 0 Å². The van der Waals surface area contributed by atoms with Crippen LogP contribution in [0.3, 0.4) is 0 Å². The van der Waals surface area contributed by atoms with Crippen LogP contribution in [-0.4, -0.2) is 24.6 Å². The van der Waals surface area contributed by atoms with Gasteiger partial charge in [-0.15, -0.1) is 0 Å². The van der Waals surface area contributed by atoms with E-state index < -0.39 is 0 Å². The molecule has 2 aromatic carbocycles. The number of likely N-dealkylation sites (tertiary alicyclic amines) is 1. The van der Waals surface area contributed by atoms with Crippen LogP contribution in [0.25, 0.3) is 0 Å². The van der Waals surface area contributed by atoms with Crippen molar-refractivity contribution in [3.8, 4) is 5.75 Å². The summed E-state index contributed by atoms with van der Waals surface area (Å²) >= 11 is 0. The lowest BCUT2D eigenvalue weighted by atomic mass is 9.73. The van der Waals surface area contributed by atoms with Gasteiger partial charge in [0, 0.05) is 12.6 Å². The van der Waals surface area contributed by atoms with E-state index in [1.165, 1.54) is 42.5 Å². The molecule has 4 rings (SSSR count). The molecule has 1 fully saturated rings. The van der Waals surface area contributed by atoms with E-state index in [4.69, 9.17) is 4.74 Å². The number of nitrogens with zero attached hydrogens (tertiary/aromatic N) is 1. The summed E-state index contributed by atoms with van der Waals surface area (Å²) in [5, 5.41) is 0. The van der Waals surface area contributed by atoms with Gasteiger partial charge in [0.1, 0.15) is 5.75 Å². The first-order chi connectivity index (χ1) is 11.8. The molecule has 2 nitrogen and oxygen atoms in total. The zero-order valence-corrected chi connectivity index (χ0v) is 14.8. The Labute approximate surface area is 145 Å². The van der Waals surface area contributed by atoms with Crippen LogP contribution in [-0.2, 0) is 13.0 Å². The van der Waals surface area contributed by atoms with Crippen molar-refractivity contribution >= 4 is 0 Å². The maximum absolute atomic E-state index is 5.73. The Morgan fingerprint density at radius 3 is 2.71 bits per heavy atom. The predicted molar refractivity (Wildman–Crippen MR) is 98.7 cm³/mol. The molecule has 2 atom stereocenters. The Kier molecular flexibility index (Phi) is 4.32. The lowest BCUT2D eigenvalue weighted by molar-refractivity contribution is 0.104. The van der Waals surface area contributed by atoms with Crippen LogP contribution in [0, 0.1) is 6.92 Å². The molecule has 2 aliphatic rings. The summed E-state index contributed by atoms with van der Waals surface area (Å²) in [6.07, 6.45) is 5.01. The predicted octanol–water partition coefficient (Wildman–Crippen LogP) is 4.70. The number of ether oxygens (including phenoxy) is 1. The molecule has 0 radical (unpaired) electrons. The molecular weight excluding hydrogens is 294 g/mol. The second kappa shape index (κ2) is 6.60. The highest BCUT2D eigenvalue weighted by atomic mass is 16.5. The maximum Gasteiger partial charge on any atom is 0.125 e. The highest BCUT2D eigenvalue weighted by Gasteiger charge is 2.37. The van der Waals surface area contributed by atoms with Crippen LogP contribution >= 0.6 is 0 Å². The van der Waals surface area contributed by atoms with E-state index in [2.05, 4.69) is 54.3 Å². The molecule has 0 bridgehead atoms. The van der Waals surface area contributed by atoms with Gasteiger partial charge in [-0.25, -0.2) is 0 Å². The summed E-state index contributed by atoms with van der Waals surface area (Å²) in [5.74, 6) is 1.80. The largest absolute Gasteiger partial charge is 0.496 e. The molecule has 0 saturated carbocycles. The third-order valence-electron chi connectivity index (χ3n) is 5.91. The van der Waals surface area contributed by atoms with Gasteiger partial charge in [0.05, 0.1) is 7.11 Å². The summed E-state index contributed by atoms with van der Waals surface area (Å²) in [5.41, 5.74) is 5.73. The average molecular weight is 321 g/mol. The molecule has 1 heterocycles. The van der Waals surface area contributed by atoms with E-state index in [1.807, 2.05) is 7.11 Å². The van der Waals surface area contributed by atoms with Crippen LogP contribution in [0.5, 0.6) is 5.75 Å². The Morgan fingerprint density at radius 2 is 1.92 bits per heavy atom. The fourth-order valence-corrected chi connectivity index (χ4v) is 4.83. The normalized spacial score (nSPS) is 23.4. The minimum atomic E-state index is 0.667. The van der Waals surface area contributed by atoms with Gasteiger partial charge in [-0.1, -0.05) is 42.5 Å². The molecular formula is C22H27NO. The topological polar surface area (TPSA) is 12.5 Å². The number of fused-ring (bicyclic) bond motifs is 3. The second-order valence-corrected chi connectivity index (χ2v) is 7.29. The van der Waals surface area contributed by atoms with Gasteiger partial charge in [-0.2, -0.15) is 0 Å². The van der Waals surface area contributed by atoms with E-state index in [-0.39, 0.29) is 0 Å². The smallest absolute Gasteiger partial charge is 0.125 e. The molecule has 24 heavy (non-hydrogen) atoms. The van der Waals surface area contributed by atoms with E-state index in [0.29, 0.717) is 12.0 Å². The number of piperidine rings is 1. The Morgan fingerprint density at radius 1 is 1.08 bits per heavy atom. The quantitative estimate of drug-likeness (QED) is 0.812. The van der Waals surface area contributed by atoms with Gasteiger partial charge < -0.3 is 4.74 Å². The molecule has 0 unspecified atom stereocenters. The lowest BCUT2D eigenvalue weighted by Gasteiger charge is -2.45. The van der Waals surface area contributed by atoms with E-state index in [0.717, 1.165) is 18.7 Å². The van der Waals surface area contributed by atoms with Crippen molar-refractivity contribution in [2.75, 3.05) is 13.7 Å². The van der Waals surface area contributed by atoms with Gasteiger partial charge in [0.2, 0.25) is 0 Å². The molecule has 0 N–H and O–H groups in total. The molecule has 2 heteroatoms. The van der Waals surface area contributed by atoms with Crippen molar-refractivity contribution in [2.24, 2.45) is 0 Å². The Hall–Kier alpha value is -1.80. The van der Waals surface area contributed by atoms with E-state index in [1.54, 1.807) is 5.56 Å². The third kappa shape index (κ3) is 2.73. The van der Waals surface area contributed by atoms with Crippen molar-refractivity contribution in [3.05, 3.63) is 64.7 Å². The first kappa shape index (κ1) is 15.7.